The largest absolute Gasteiger partial charge is 0.444 e. The molecule has 1 aliphatic carbocycles. The Labute approximate surface area is 210 Å². The van der Waals surface area contributed by atoms with Crippen molar-refractivity contribution in [2.45, 2.75) is 75.8 Å². The van der Waals surface area contributed by atoms with Gasteiger partial charge in [0, 0.05) is 24.8 Å². The summed E-state index contributed by atoms with van der Waals surface area (Å²) >= 11 is 0. The van der Waals surface area contributed by atoms with Gasteiger partial charge in [0.2, 0.25) is 11.8 Å². The Balaban J connectivity index is 1.33. The van der Waals surface area contributed by atoms with E-state index in [4.69, 9.17) is 4.74 Å². The van der Waals surface area contributed by atoms with Crippen molar-refractivity contribution < 1.29 is 19.1 Å². The first kappa shape index (κ1) is 24.1. The molecule has 3 saturated heterocycles. The number of nitrogens with zero attached hydrogens (tertiary/aromatic N) is 5. The van der Waals surface area contributed by atoms with Gasteiger partial charge in [-0.05, 0) is 64.2 Å². The number of rotatable bonds is 5. The van der Waals surface area contributed by atoms with Gasteiger partial charge in [0.25, 0.3) is 0 Å². The molecule has 10 heteroatoms. The lowest BCUT2D eigenvalue weighted by atomic mass is 10.1. The number of fused-ring (bicyclic) bond motifs is 3. The lowest BCUT2D eigenvalue weighted by molar-refractivity contribution is -0.136. The number of alkyl carbamates (subject to hydrolysis) is 1. The fraction of sp³-hybridized carbons (Fsp3) is 0.577. The van der Waals surface area contributed by atoms with Gasteiger partial charge in [-0.15, -0.1) is 0 Å². The van der Waals surface area contributed by atoms with Crippen molar-refractivity contribution in [1.29, 1.82) is 10.5 Å². The topological polar surface area (TPSA) is 130 Å². The van der Waals surface area contributed by atoms with Crippen molar-refractivity contribution in [2.24, 2.45) is 5.92 Å². The van der Waals surface area contributed by atoms with Gasteiger partial charge in [-0.1, -0.05) is 6.07 Å². The molecule has 1 aromatic rings. The Bertz CT molecular complexity index is 1180. The molecule has 36 heavy (non-hydrogen) atoms. The van der Waals surface area contributed by atoms with E-state index in [1.165, 1.54) is 0 Å². The maximum absolute atomic E-state index is 13.6. The van der Waals surface area contributed by atoms with Crippen LogP contribution in [0.3, 0.4) is 0 Å². The average Bonchev–Trinajstić information content (AvgIpc) is 3.15. The molecule has 3 amide bonds. The van der Waals surface area contributed by atoms with Crippen molar-refractivity contribution in [3.05, 3.63) is 29.8 Å². The molecule has 188 valence electrons. The van der Waals surface area contributed by atoms with E-state index in [2.05, 4.69) is 17.5 Å². The van der Waals surface area contributed by atoms with Crippen LogP contribution in [-0.2, 0) is 14.3 Å². The van der Waals surface area contributed by atoms with Gasteiger partial charge in [0.1, 0.15) is 17.7 Å². The Morgan fingerprint density at radius 2 is 2.00 bits per heavy atom. The summed E-state index contributed by atoms with van der Waals surface area (Å²) in [6.07, 6.45) is 1.45. The molecule has 10 nitrogen and oxygen atoms in total. The number of piperidine rings is 1. The summed E-state index contributed by atoms with van der Waals surface area (Å²) in [4.78, 5) is 44.9. The second-order valence-electron chi connectivity index (χ2n) is 11.1. The fourth-order valence-electron chi connectivity index (χ4n) is 5.87. The lowest BCUT2D eigenvalue weighted by Crippen LogP contribution is -2.59. The number of hydrogen-bond donors (Lipinski definition) is 1. The van der Waals surface area contributed by atoms with E-state index in [1.807, 2.05) is 11.0 Å². The average molecular weight is 491 g/mol. The molecule has 3 heterocycles. The Kier molecular flexibility index (Phi) is 5.88. The van der Waals surface area contributed by atoms with Crippen molar-refractivity contribution >= 4 is 23.6 Å². The van der Waals surface area contributed by atoms with Gasteiger partial charge in [0.15, 0.2) is 0 Å². The predicted molar refractivity (Wildman–Crippen MR) is 128 cm³/mol. The van der Waals surface area contributed by atoms with Crippen LogP contribution in [0.1, 0.15) is 45.6 Å². The smallest absolute Gasteiger partial charge is 0.408 e. The van der Waals surface area contributed by atoms with E-state index in [1.54, 1.807) is 48.8 Å². The minimum Gasteiger partial charge on any atom is -0.444 e. The van der Waals surface area contributed by atoms with Gasteiger partial charge < -0.3 is 19.9 Å². The van der Waals surface area contributed by atoms with Crippen molar-refractivity contribution in [3.8, 4) is 12.1 Å². The van der Waals surface area contributed by atoms with E-state index in [0.717, 1.165) is 6.42 Å². The molecule has 3 aliphatic heterocycles. The standard InChI is InChI=1S/C26H30N6O4/c1-26(2,3)36-25(35)29-20(23(33)32-18(12-28)8-16-9-21(16)32)14-30-13-19-10-22(30)24(34)31(19)17-6-4-5-15(7-17)11-27/h4-7,16,18-22H,8-10,13-14H2,1-3H3,(H,29,35)/t16?,18?,19-,20?,21-,22?/m0/s1. The molecule has 1 N–H and O–H groups in total. The number of hydrogen-bond acceptors (Lipinski definition) is 7. The first-order chi connectivity index (χ1) is 17.1. The number of amides is 3. The Morgan fingerprint density at radius 3 is 2.67 bits per heavy atom. The maximum atomic E-state index is 13.6. The third-order valence-corrected chi connectivity index (χ3v) is 7.44. The van der Waals surface area contributed by atoms with Crippen LogP contribution in [0.2, 0.25) is 0 Å². The first-order valence-electron chi connectivity index (χ1n) is 12.4. The van der Waals surface area contributed by atoms with Crippen molar-refractivity contribution in [1.82, 2.24) is 15.1 Å². The quantitative estimate of drug-likeness (QED) is 0.666. The molecule has 0 aromatic heterocycles. The molecular formula is C26H30N6O4. The molecule has 4 unspecified atom stereocenters. The van der Waals surface area contributed by atoms with Gasteiger partial charge in [-0.25, -0.2) is 4.79 Å². The summed E-state index contributed by atoms with van der Waals surface area (Å²) in [6.45, 7) is 5.94. The number of anilines is 1. The van der Waals surface area contributed by atoms with Crippen molar-refractivity contribution in [3.63, 3.8) is 0 Å². The number of likely N-dealkylation sites (tertiary alicyclic amines) is 2. The van der Waals surface area contributed by atoms with Crippen LogP contribution in [0.25, 0.3) is 0 Å². The maximum Gasteiger partial charge on any atom is 0.408 e. The molecule has 0 radical (unpaired) electrons. The highest BCUT2D eigenvalue weighted by Gasteiger charge is 2.56. The number of carbonyl (C=O) groups is 3. The summed E-state index contributed by atoms with van der Waals surface area (Å²) in [5, 5.41) is 21.5. The molecule has 2 bridgehead atoms. The normalized spacial score (nSPS) is 29.4. The van der Waals surface area contributed by atoms with E-state index in [9.17, 15) is 24.9 Å². The highest BCUT2D eigenvalue weighted by Crippen LogP contribution is 2.48. The third-order valence-electron chi connectivity index (χ3n) is 7.44. The zero-order chi connectivity index (χ0) is 25.8. The van der Waals surface area contributed by atoms with Crippen LogP contribution in [0.5, 0.6) is 0 Å². The molecule has 1 aromatic carbocycles. The molecular weight excluding hydrogens is 460 g/mol. The zero-order valence-electron chi connectivity index (χ0n) is 20.7. The van der Waals surface area contributed by atoms with E-state index in [0.29, 0.717) is 36.6 Å². The Hall–Kier alpha value is -3.63. The van der Waals surface area contributed by atoms with E-state index < -0.39 is 29.8 Å². The van der Waals surface area contributed by atoms with Crippen LogP contribution in [0, 0.1) is 28.6 Å². The minimum absolute atomic E-state index is 0.0460. The lowest BCUT2D eigenvalue weighted by Gasteiger charge is -2.36. The number of nitrogens with one attached hydrogen (secondary N) is 1. The molecule has 0 spiro atoms. The van der Waals surface area contributed by atoms with Crippen LogP contribution >= 0.6 is 0 Å². The van der Waals surface area contributed by atoms with Crippen LogP contribution < -0.4 is 10.2 Å². The van der Waals surface area contributed by atoms with E-state index in [-0.39, 0.29) is 30.4 Å². The van der Waals surface area contributed by atoms with Crippen LogP contribution in [-0.4, -0.2) is 76.6 Å². The van der Waals surface area contributed by atoms with Crippen LogP contribution in [0.15, 0.2) is 24.3 Å². The monoisotopic (exact) mass is 490 g/mol. The molecule has 5 rings (SSSR count). The molecule has 4 aliphatic rings. The summed E-state index contributed by atoms with van der Waals surface area (Å²) in [5.74, 6) is -0.0303. The van der Waals surface area contributed by atoms with E-state index >= 15 is 0 Å². The SMILES string of the molecule is CC(C)(C)OC(=O)NC(CN1C[C@@H]2CC1C(=O)N2c1cccc(C#N)c1)C(=O)N1C(C#N)CC2C[C@@H]21. The zero-order valence-corrected chi connectivity index (χ0v) is 20.7. The number of nitriles is 2. The number of benzene rings is 1. The minimum atomic E-state index is -0.933. The van der Waals surface area contributed by atoms with Gasteiger partial charge in [-0.2, -0.15) is 10.5 Å². The number of carbonyl (C=O) groups excluding carboxylic acids is 3. The second-order valence-corrected chi connectivity index (χ2v) is 11.1. The first-order valence-corrected chi connectivity index (χ1v) is 12.4. The summed E-state index contributed by atoms with van der Waals surface area (Å²) in [6, 6.07) is 9.44. The molecule has 6 atom stereocenters. The summed E-state index contributed by atoms with van der Waals surface area (Å²) in [7, 11) is 0. The highest BCUT2D eigenvalue weighted by atomic mass is 16.6. The predicted octanol–water partition coefficient (Wildman–Crippen LogP) is 1.75. The third kappa shape index (κ3) is 4.38. The second kappa shape index (κ2) is 8.79. The van der Waals surface area contributed by atoms with Gasteiger partial charge in [-0.3, -0.25) is 14.5 Å². The van der Waals surface area contributed by atoms with Gasteiger partial charge in [0.05, 0.1) is 29.8 Å². The van der Waals surface area contributed by atoms with Crippen LogP contribution in [0.4, 0.5) is 10.5 Å². The summed E-state index contributed by atoms with van der Waals surface area (Å²) < 4.78 is 5.41. The van der Waals surface area contributed by atoms with Crippen molar-refractivity contribution in [2.75, 3.05) is 18.0 Å². The number of ether oxygens (including phenoxy) is 1. The van der Waals surface area contributed by atoms with Gasteiger partial charge >= 0.3 is 6.09 Å². The Morgan fingerprint density at radius 1 is 1.22 bits per heavy atom. The molecule has 1 saturated carbocycles. The highest BCUT2D eigenvalue weighted by molar-refractivity contribution is 6.01. The summed E-state index contributed by atoms with van der Waals surface area (Å²) in [5.41, 5.74) is 0.450. The molecule has 4 fully saturated rings. The fourth-order valence-corrected chi connectivity index (χ4v) is 5.87. The number of piperazine rings is 1.